The van der Waals surface area contributed by atoms with Crippen molar-refractivity contribution in [1.82, 2.24) is 14.9 Å². The molecule has 26 heavy (non-hydrogen) atoms. The number of para-hydroxylation sites is 1. The molecule has 1 fully saturated rings. The summed E-state index contributed by atoms with van der Waals surface area (Å²) in [5.74, 6) is 0.528. The number of amides is 1. The summed E-state index contributed by atoms with van der Waals surface area (Å²) in [6, 6.07) is 16.0. The smallest absolute Gasteiger partial charge is 0.253 e. The van der Waals surface area contributed by atoms with Crippen LogP contribution >= 0.6 is 0 Å². The zero-order valence-electron chi connectivity index (χ0n) is 14.9. The Kier molecular flexibility index (Phi) is 4.52. The van der Waals surface area contributed by atoms with Gasteiger partial charge in [-0.25, -0.2) is 0 Å². The van der Waals surface area contributed by atoms with Gasteiger partial charge in [-0.2, -0.15) is 0 Å². The fraction of sp³-hybridized carbons (Fsp3) is 0.286. The molecule has 5 nitrogen and oxygen atoms in total. The van der Waals surface area contributed by atoms with E-state index in [9.17, 15) is 4.79 Å². The highest BCUT2D eigenvalue weighted by Gasteiger charge is 2.25. The first-order valence-electron chi connectivity index (χ1n) is 8.97. The molecule has 1 amide bonds. The molecule has 0 aliphatic carbocycles. The van der Waals surface area contributed by atoms with Crippen LogP contribution in [0, 0.1) is 5.92 Å². The standard InChI is InChI=1S/C21H22N4O/c1-24(14-16-9-12-25(15-16)18-5-3-2-4-6-18)21(26)17-7-8-19-20(13-17)23-11-10-22-19/h2-8,10-11,13,16H,9,12,14-15H2,1H3/t16-/m1/s1. The number of anilines is 1. The molecule has 1 aromatic heterocycles. The summed E-state index contributed by atoms with van der Waals surface area (Å²) in [5, 5.41) is 0. The topological polar surface area (TPSA) is 49.3 Å². The van der Waals surface area contributed by atoms with E-state index < -0.39 is 0 Å². The molecule has 0 bridgehead atoms. The fourth-order valence-electron chi connectivity index (χ4n) is 3.64. The third kappa shape index (κ3) is 3.38. The van der Waals surface area contributed by atoms with Crippen molar-refractivity contribution in [3.8, 4) is 0 Å². The van der Waals surface area contributed by atoms with Crippen molar-refractivity contribution in [2.75, 3.05) is 31.6 Å². The van der Waals surface area contributed by atoms with Gasteiger partial charge < -0.3 is 9.80 Å². The first kappa shape index (κ1) is 16.5. The largest absolute Gasteiger partial charge is 0.371 e. The van der Waals surface area contributed by atoms with Crippen LogP contribution in [0.2, 0.25) is 0 Å². The van der Waals surface area contributed by atoms with Crippen LogP contribution in [0.3, 0.4) is 0 Å². The molecule has 0 radical (unpaired) electrons. The predicted octanol–water partition coefficient (Wildman–Crippen LogP) is 3.23. The van der Waals surface area contributed by atoms with Crippen LogP contribution in [0.15, 0.2) is 60.9 Å². The summed E-state index contributed by atoms with van der Waals surface area (Å²) in [5.41, 5.74) is 3.49. The number of carbonyl (C=O) groups is 1. The van der Waals surface area contributed by atoms with Crippen molar-refractivity contribution in [2.24, 2.45) is 5.92 Å². The van der Waals surface area contributed by atoms with Gasteiger partial charge in [-0.15, -0.1) is 0 Å². The number of hydrogen-bond acceptors (Lipinski definition) is 4. The van der Waals surface area contributed by atoms with Crippen LogP contribution in [0.5, 0.6) is 0 Å². The maximum absolute atomic E-state index is 12.8. The molecule has 3 aromatic rings. The second-order valence-corrected chi connectivity index (χ2v) is 6.88. The molecule has 1 saturated heterocycles. The Morgan fingerprint density at radius 2 is 1.88 bits per heavy atom. The molecule has 4 rings (SSSR count). The Hall–Kier alpha value is -2.95. The third-order valence-corrected chi connectivity index (χ3v) is 5.00. The Bertz CT molecular complexity index is 912. The summed E-state index contributed by atoms with van der Waals surface area (Å²) in [7, 11) is 1.88. The second kappa shape index (κ2) is 7.12. The van der Waals surface area contributed by atoms with E-state index in [-0.39, 0.29) is 5.91 Å². The number of hydrogen-bond donors (Lipinski definition) is 0. The van der Waals surface area contributed by atoms with Crippen molar-refractivity contribution in [3.05, 3.63) is 66.5 Å². The molecular weight excluding hydrogens is 324 g/mol. The predicted molar refractivity (Wildman–Crippen MR) is 103 cm³/mol. The molecule has 2 aromatic carbocycles. The summed E-state index contributed by atoms with van der Waals surface area (Å²) in [4.78, 5) is 25.6. The van der Waals surface area contributed by atoms with Gasteiger partial charge in [-0.3, -0.25) is 14.8 Å². The third-order valence-electron chi connectivity index (χ3n) is 5.00. The van der Waals surface area contributed by atoms with Gasteiger partial charge in [0.2, 0.25) is 0 Å². The van der Waals surface area contributed by atoms with E-state index in [0.717, 1.165) is 37.1 Å². The summed E-state index contributed by atoms with van der Waals surface area (Å²) >= 11 is 0. The summed E-state index contributed by atoms with van der Waals surface area (Å²) < 4.78 is 0. The molecule has 1 aliphatic rings. The van der Waals surface area contributed by atoms with Crippen LogP contribution in [0.4, 0.5) is 5.69 Å². The van der Waals surface area contributed by atoms with Gasteiger partial charge in [0.15, 0.2) is 0 Å². The van der Waals surface area contributed by atoms with E-state index in [1.807, 2.05) is 36.2 Å². The van der Waals surface area contributed by atoms with Crippen molar-refractivity contribution >= 4 is 22.6 Å². The fourth-order valence-corrected chi connectivity index (χ4v) is 3.64. The highest BCUT2D eigenvalue weighted by Crippen LogP contribution is 2.24. The number of carbonyl (C=O) groups excluding carboxylic acids is 1. The van der Waals surface area contributed by atoms with Crippen LogP contribution in [0.25, 0.3) is 11.0 Å². The van der Waals surface area contributed by atoms with Crippen LogP contribution < -0.4 is 4.90 Å². The summed E-state index contributed by atoms with van der Waals surface area (Å²) in [6.45, 7) is 2.80. The normalized spacial score (nSPS) is 16.8. The van der Waals surface area contributed by atoms with Crippen molar-refractivity contribution < 1.29 is 4.79 Å². The molecule has 0 spiro atoms. The average Bonchev–Trinajstić information content (AvgIpc) is 3.16. The number of fused-ring (bicyclic) bond motifs is 1. The SMILES string of the molecule is CN(C[C@H]1CCN(c2ccccc2)C1)C(=O)c1ccc2nccnc2c1. The first-order valence-corrected chi connectivity index (χ1v) is 8.97. The molecule has 1 atom stereocenters. The van der Waals surface area contributed by atoms with Gasteiger partial charge in [0, 0.05) is 50.3 Å². The number of benzene rings is 2. The summed E-state index contributed by atoms with van der Waals surface area (Å²) in [6.07, 6.45) is 4.42. The first-order chi connectivity index (χ1) is 12.7. The quantitative estimate of drug-likeness (QED) is 0.728. The highest BCUT2D eigenvalue weighted by molar-refractivity contribution is 5.97. The lowest BCUT2D eigenvalue weighted by Crippen LogP contribution is -2.33. The second-order valence-electron chi connectivity index (χ2n) is 6.88. The Morgan fingerprint density at radius 3 is 2.69 bits per heavy atom. The van der Waals surface area contributed by atoms with Gasteiger partial charge in [0.05, 0.1) is 11.0 Å². The van der Waals surface area contributed by atoms with Gasteiger partial charge >= 0.3 is 0 Å². The number of rotatable bonds is 4. The molecule has 0 N–H and O–H groups in total. The highest BCUT2D eigenvalue weighted by atomic mass is 16.2. The van der Waals surface area contributed by atoms with Gasteiger partial charge in [-0.05, 0) is 42.7 Å². The molecular formula is C21H22N4O. The van der Waals surface area contributed by atoms with Crippen molar-refractivity contribution in [2.45, 2.75) is 6.42 Å². The lowest BCUT2D eigenvalue weighted by atomic mass is 10.1. The van der Waals surface area contributed by atoms with Gasteiger partial charge in [0.25, 0.3) is 5.91 Å². The molecule has 0 unspecified atom stereocenters. The van der Waals surface area contributed by atoms with Crippen LogP contribution in [0.1, 0.15) is 16.8 Å². The number of aromatic nitrogens is 2. The number of nitrogens with zero attached hydrogens (tertiary/aromatic N) is 4. The van der Waals surface area contributed by atoms with Crippen LogP contribution in [-0.2, 0) is 0 Å². The van der Waals surface area contributed by atoms with Gasteiger partial charge in [-0.1, -0.05) is 18.2 Å². The average molecular weight is 346 g/mol. The molecule has 0 saturated carbocycles. The Balaban J connectivity index is 1.41. The Morgan fingerprint density at radius 1 is 1.12 bits per heavy atom. The monoisotopic (exact) mass is 346 g/mol. The Labute approximate surface area is 153 Å². The van der Waals surface area contributed by atoms with E-state index in [1.54, 1.807) is 12.4 Å². The maximum atomic E-state index is 12.8. The lowest BCUT2D eigenvalue weighted by Gasteiger charge is -2.23. The minimum Gasteiger partial charge on any atom is -0.371 e. The molecule has 132 valence electrons. The minimum atomic E-state index is 0.0377. The van der Waals surface area contributed by atoms with E-state index in [1.165, 1.54) is 5.69 Å². The maximum Gasteiger partial charge on any atom is 0.253 e. The van der Waals surface area contributed by atoms with E-state index in [4.69, 9.17) is 0 Å². The van der Waals surface area contributed by atoms with E-state index in [0.29, 0.717) is 11.5 Å². The molecule has 1 aliphatic heterocycles. The van der Waals surface area contributed by atoms with Crippen molar-refractivity contribution in [3.63, 3.8) is 0 Å². The lowest BCUT2D eigenvalue weighted by molar-refractivity contribution is 0.0776. The van der Waals surface area contributed by atoms with Crippen molar-refractivity contribution in [1.29, 1.82) is 0 Å². The molecule has 5 heteroatoms. The van der Waals surface area contributed by atoms with Crippen LogP contribution in [-0.4, -0.2) is 47.5 Å². The van der Waals surface area contributed by atoms with Gasteiger partial charge in [0.1, 0.15) is 0 Å². The zero-order chi connectivity index (χ0) is 17.9. The molecule has 2 heterocycles. The zero-order valence-corrected chi connectivity index (χ0v) is 14.9. The van der Waals surface area contributed by atoms with E-state index in [2.05, 4.69) is 39.1 Å². The minimum absolute atomic E-state index is 0.0377. The van der Waals surface area contributed by atoms with E-state index >= 15 is 0 Å².